The molecule has 0 fully saturated rings. The van der Waals surface area contributed by atoms with Crippen LogP contribution in [0.25, 0.3) is 0 Å². The summed E-state index contributed by atoms with van der Waals surface area (Å²) in [5.74, 6) is 0.0726. The van der Waals surface area contributed by atoms with Gasteiger partial charge in [0.2, 0.25) is 5.91 Å². The Morgan fingerprint density at radius 3 is 2.67 bits per heavy atom. The minimum absolute atomic E-state index is 0.0726. The Morgan fingerprint density at radius 1 is 1.39 bits per heavy atom. The molecule has 3 nitrogen and oxygen atoms in total. The summed E-state index contributed by atoms with van der Waals surface area (Å²) in [7, 11) is 0. The zero-order valence-electron chi connectivity index (χ0n) is 10.7. The van der Waals surface area contributed by atoms with Crippen LogP contribution in [-0.2, 0) is 11.2 Å². The first kappa shape index (κ1) is 15.2. The van der Waals surface area contributed by atoms with E-state index in [1.807, 2.05) is 31.2 Å². The average Bonchev–Trinajstić information content (AvgIpc) is 2.35. The van der Waals surface area contributed by atoms with E-state index in [1.54, 1.807) is 0 Å². The Kier molecular flexibility index (Phi) is 6.98. The average molecular weight is 314 g/mol. The minimum Gasteiger partial charge on any atom is -0.396 e. The number of aryl methyl sites for hydroxylation is 1. The quantitative estimate of drug-likeness (QED) is 0.813. The maximum atomic E-state index is 11.7. The number of aliphatic hydroxyl groups excluding tert-OH is 1. The molecule has 1 atom stereocenters. The van der Waals surface area contributed by atoms with E-state index in [9.17, 15) is 4.79 Å². The maximum absolute atomic E-state index is 11.7. The lowest BCUT2D eigenvalue weighted by Gasteiger charge is -2.13. The standard InChI is InChI=1S/C14H20BrNO2/c1-11(3-2-10-17)16-14(18)9-6-12-4-7-13(15)8-5-12/h4-5,7-8,11,17H,2-3,6,9-10H2,1H3,(H,16,18). The van der Waals surface area contributed by atoms with Gasteiger partial charge in [0.05, 0.1) is 0 Å². The monoisotopic (exact) mass is 313 g/mol. The number of amides is 1. The lowest BCUT2D eigenvalue weighted by molar-refractivity contribution is -0.121. The molecule has 0 aliphatic rings. The van der Waals surface area contributed by atoms with Gasteiger partial charge in [-0.05, 0) is 43.9 Å². The highest BCUT2D eigenvalue weighted by Crippen LogP contribution is 2.11. The van der Waals surface area contributed by atoms with E-state index in [0.29, 0.717) is 6.42 Å². The van der Waals surface area contributed by atoms with E-state index in [0.717, 1.165) is 29.3 Å². The van der Waals surface area contributed by atoms with Gasteiger partial charge in [-0.2, -0.15) is 0 Å². The van der Waals surface area contributed by atoms with E-state index < -0.39 is 0 Å². The topological polar surface area (TPSA) is 49.3 Å². The summed E-state index contributed by atoms with van der Waals surface area (Å²) in [6.07, 6.45) is 2.81. The highest BCUT2D eigenvalue weighted by Gasteiger charge is 2.07. The third kappa shape index (κ3) is 6.17. The number of aliphatic hydroxyl groups is 1. The summed E-state index contributed by atoms with van der Waals surface area (Å²) in [6, 6.07) is 8.14. The van der Waals surface area contributed by atoms with Crippen LogP contribution in [-0.4, -0.2) is 23.7 Å². The molecule has 0 radical (unpaired) electrons. The SMILES string of the molecule is CC(CCCO)NC(=O)CCc1ccc(Br)cc1. The minimum atomic E-state index is 0.0726. The molecule has 0 aliphatic carbocycles. The van der Waals surface area contributed by atoms with Crippen LogP contribution in [0, 0.1) is 0 Å². The van der Waals surface area contributed by atoms with E-state index in [-0.39, 0.29) is 18.6 Å². The molecule has 0 spiro atoms. The number of rotatable bonds is 7. The van der Waals surface area contributed by atoms with Gasteiger partial charge in [-0.3, -0.25) is 4.79 Å². The Morgan fingerprint density at radius 2 is 2.06 bits per heavy atom. The Balaban J connectivity index is 2.26. The van der Waals surface area contributed by atoms with Crippen molar-refractivity contribution in [2.75, 3.05) is 6.61 Å². The fraction of sp³-hybridized carbons (Fsp3) is 0.500. The highest BCUT2D eigenvalue weighted by molar-refractivity contribution is 9.10. The van der Waals surface area contributed by atoms with Gasteiger partial charge in [0.25, 0.3) is 0 Å². The van der Waals surface area contributed by atoms with Crippen LogP contribution in [0.1, 0.15) is 31.7 Å². The maximum Gasteiger partial charge on any atom is 0.220 e. The molecule has 1 aromatic rings. The van der Waals surface area contributed by atoms with Gasteiger partial charge in [-0.25, -0.2) is 0 Å². The molecule has 0 aromatic heterocycles. The number of carbonyl (C=O) groups excluding carboxylic acids is 1. The van der Waals surface area contributed by atoms with Gasteiger partial charge in [0, 0.05) is 23.5 Å². The molecule has 1 rings (SSSR count). The first-order valence-electron chi connectivity index (χ1n) is 6.26. The van der Waals surface area contributed by atoms with Crippen molar-refractivity contribution in [3.8, 4) is 0 Å². The van der Waals surface area contributed by atoms with Crippen LogP contribution in [0.5, 0.6) is 0 Å². The summed E-state index contributed by atoms with van der Waals surface area (Å²) in [5, 5.41) is 11.6. The molecule has 0 aliphatic heterocycles. The van der Waals surface area contributed by atoms with Gasteiger partial charge in [0.15, 0.2) is 0 Å². The summed E-state index contributed by atoms with van der Waals surface area (Å²) in [4.78, 5) is 11.7. The third-order valence-electron chi connectivity index (χ3n) is 2.76. The predicted octanol–water partition coefficient (Wildman–Crippen LogP) is 2.66. The van der Waals surface area contributed by atoms with Crippen LogP contribution < -0.4 is 5.32 Å². The molecule has 0 saturated heterocycles. The second-order valence-electron chi connectivity index (χ2n) is 4.46. The fourth-order valence-electron chi connectivity index (χ4n) is 1.73. The van der Waals surface area contributed by atoms with Crippen molar-refractivity contribution in [3.05, 3.63) is 34.3 Å². The molecule has 0 bridgehead atoms. The Hall–Kier alpha value is -0.870. The number of hydrogen-bond acceptors (Lipinski definition) is 2. The largest absolute Gasteiger partial charge is 0.396 e. The molecule has 2 N–H and O–H groups in total. The smallest absolute Gasteiger partial charge is 0.220 e. The normalized spacial score (nSPS) is 12.2. The van der Waals surface area contributed by atoms with Crippen LogP contribution in [0.15, 0.2) is 28.7 Å². The van der Waals surface area contributed by atoms with E-state index in [4.69, 9.17) is 5.11 Å². The summed E-state index contributed by atoms with van der Waals surface area (Å²) >= 11 is 3.38. The summed E-state index contributed by atoms with van der Waals surface area (Å²) in [5.41, 5.74) is 1.16. The third-order valence-corrected chi connectivity index (χ3v) is 3.29. The van der Waals surface area contributed by atoms with E-state index >= 15 is 0 Å². The number of halogens is 1. The zero-order chi connectivity index (χ0) is 13.4. The lowest BCUT2D eigenvalue weighted by Crippen LogP contribution is -2.32. The fourth-order valence-corrected chi connectivity index (χ4v) is 1.99. The molecule has 18 heavy (non-hydrogen) atoms. The predicted molar refractivity (Wildman–Crippen MR) is 76.4 cm³/mol. The second-order valence-corrected chi connectivity index (χ2v) is 5.38. The molecule has 1 aromatic carbocycles. The second kappa shape index (κ2) is 8.27. The van der Waals surface area contributed by atoms with Crippen molar-refractivity contribution in [1.29, 1.82) is 0 Å². The van der Waals surface area contributed by atoms with E-state index in [1.165, 1.54) is 0 Å². The zero-order valence-corrected chi connectivity index (χ0v) is 12.2. The number of nitrogens with one attached hydrogen (secondary N) is 1. The lowest BCUT2D eigenvalue weighted by atomic mass is 10.1. The molecular weight excluding hydrogens is 294 g/mol. The molecule has 4 heteroatoms. The van der Waals surface area contributed by atoms with Crippen molar-refractivity contribution in [3.63, 3.8) is 0 Å². The molecule has 100 valence electrons. The Bertz CT molecular complexity index is 365. The van der Waals surface area contributed by atoms with Gasteiger partial charge in [0.1, 0.15) is 0 Å². The number of carbonyl (C=O) groups is 1. The van der Waals surface area contributed by atoms with Gasteiger partial charge in [-0.1, -0.05) is 28.1 Å². The van der Waals surface area contributed by atoms with Crippen LogP contribution in [0.3, 0.4) is 0 Å². The van der Waals surface area contributed by atoms with E-state index in [2.05, 4.69) is 21.2 Å². The molecule has 0 heterocycles. The Labute approximate surface area is 117 Å². The summed E-state index contributed by atoms with van der Waals surface area (Å²) in [6.45, 7) is 2.15. The highest BCUT2D eigenvalue weighted by atomic mass is 79.9. The van der Waals surface area contributed by atoms with Gasteiger partial charge in [-0.15, -0.1) is 0 Å². The summed E-state index contributed by atoms with van der Waals surface area (Å²) < 4.78 is 1.05. The van der Waals surface area contributed by atoms with Crippen LogP contribution >= 0.6 is 15.9 Å². The van der Waals surface area contributed by atoms with Gasteiger partial charge < -0.3 is 10.4 Å². The van der Waals surface area contributed by atoms with Crippen LogP contribution in [0.4, 0.5) is 0 Å². The molecule has 0 saturated carbocycles. The molecule has 1 unspecified atom stereocenters. The van der Waals surface area contributed by atoms with Crippen LogP contribution in [0.2, 0.25) is 0 Å². The van der Waals surface area contributed by atoms with Crippen molar-refractivity contribution in [1.82, 2.24) is 5.32 Å². The molecule has 1 amide bonds. The van der Waals surface area contributed by atoms with Gasteiger partial charge >= 0.3 is 0 Å². The first-order chi connectivity index (χ1) is 8.61. The van der Waals surface area contributed by atoms with Crippen molar-refractivity contribution in [2.45, 2.75) is 38.6 Å². The first-order valence-corrected chi connectivity index (χ1v) is 7.06. The van der Waals surface area contributed by atoms with Crippen molar-refractivity contribution in [2.24, 2.45) is 0 Å². The molecular formula is C14H20BrNO2. The number of benzene rings is 1. The number of hydrogen-bond donors (Lipinski definition) is 2. The van der Waals surface area contributed by atoms with Crippen molar-refractivity contribution < 1.29 is 9.90 Å². The van der Waals surface area contributed by atoms with Crippen molar-refractivity contribution >= 4 is 21.8 Å².